The molecule has 12 N–H and O–H groups in total. The zero-order chi connectivity index (χ0) is 29.3. The van der Waals surface area contributed by atoms with Crippen molar-refractivity contribution in [1.82, 2.24) is 5.32 Å². The van der Waals surface area contributed by atoms with Crippen LogP contribution in [0.25, 0.3) is 0 Å². The van der Waals surface area contributed by atoms with E-state index in [1.165, 1.54) is 0 Å². The van der Waals surface area contributed by atoms with Crippen LogP contribution in [0.15, 0.2) is 0 Å². The summed E-state index contributed by atoms with van der Waals surface area (Å²) < 4.78 is 21.2. The molecule has 2 saturated heterocycles. The Morgan fingerprint density at radius 2 is 1.23 bits per heavy atom. The van der Waals surface area contributed by atoms with Crippen LogP contribution >= 0.6 is 0 Å². The molecule has 2 aliphatic rings. The molecule has 232 valence electrons. The van der Waals surface area contributed by atoms with E-state index in [9.17, 15) is 56.2 Å². The Morgan fingerprint density at radius 1 is 0.692 bits per heavy atom. The van der Waals surface area contributed by atoms with Crippen LogP contribution in [0.4, 0.5) is 0 Å². The molecular weight excluding hydrogens is 530 g/mol. The second-order valence-electron chi connectivity index (χ2n) is 9.91. The quantitative estimate of drug-likeness (QED) is 0.0763. The molecule has 0 aromatic carbocycles. The number of nitrogens with one attached hydrogen (secondary N) is 1. The van der Waals surface area contributed by atoms with Crippen LogP contribution in [0.5, 0.6) is 0 Å². The highest BCUT2D eigenvalue weighted by atomic mass is 16.7. The fourth-order valence-corrected chi connectivity index (χ4v) is 4.20. The molecule has 0 aromatic rings. The van der Waals surface area contributed by atoms with Crippen LogP contribution in [0.2, 0.25) is 0 Å². The lowest BCUT2D eigenvalue weighted by Gasteiger charge is -2.42. The van der Waals surface area contributed by atoms with Gasteiger partial charge in [0, 0.05) is 6.54 Å². The summed E-state index contributed by atoms with van der Waals surface area (Å²) in [6, 6.07) is 0. The van der Waals surface area contributed by atoms with Crippen LogP contribution in [0, 0.1) is 0 Å². The van der Waals surface area contributed by atoms with E-state index >= 15 is 0 Å². The van der Waals surface area contributed by atoms with E-state index in [1.54, 1.807) is 0 Å². The highest BCUT2D eigenvalue weighted by Crippen LogP contribution is 2.26. The predicted molar refractivity (Wildman–Crippen MR) is 129 cm³/mol. The minimum Gasteiger partial charge on any atom is -0.394 e. The van der Waals surface area contributed by atoms with Gasteiger partial charge in [-0.05, 0) is 13.0 Å². The van der Waals surface area contributed by atoms with E-state index in [1.807, 2.05) is 6.92 Å². The van der Waals surface area contributed by atoms with Gasteiger partial charge in [0.2, 0.25) is 0 Å². The zero-order valence-corrected chi connectivity index (χ0v) is 21.8. The standard InChI is InChI=1S/C23H45NO15/c1-2-3-4-5-24-6-10(26)14(28)15(29)11(27)8-36-22-21(35)19(33)17(31)13(39-22)9-37-23-20(34)18(32)16(30)12(7-25)38-23/h10-35H,2-9H2,1H3/t10?,11-,12-,13-,14-,15-,16-,17-,18+,19+,20-,21-,22-,23-/m1/s1. The van der Waals surface area contributed by atoms with Gasteiger partial charge in [-0.15, -0.1) is 0 Å². The molecular formula is C23H45NO15. The maximum Gasteiger partial charge on any atom is 0.186 e. The normalized spacial score (nSPS) is 38.8. The van der Waals surface area contributed by atoms with E-state index in [2.05, 4.69) is 5.32 Å². The van der Waals surface area contributed by atoms with Gasteiger partial charge >= 0.3 is 0 Å². The Balaban J connectivity index is 1.87. The molecule has 2 heterocycles. The van der Waals surface area contributed by atoms with Crippen molar-refractivity contribution in [3.63, 3.8) is 0 Å². The van der Waals surface area contributed by atoms with E-state index in [-0.39, 0.29) is 6.54 Å². The van der Waals surface area contributed by atoms with Gasteiger partial charge in [0.25, 0.3) is 0 Å². The van der Waals surface area contributed by atoms with Crippen LogP contribution in [-0.2, 0) is 18.9 Å². The van der Waals surface area contributed by atoms with Gasteiger partial charge < -0.3 is 80.4 Å². The van der Waals surface area contributed by atoms with Crippen LogP contribution in [-0.4, -0.2) is 175 Å². The smallest absolute Gasteiger partial charge is 0.186 e. The third-order valence-corrected chi connectivity index (χ3v) is 6.82. The Bertz CT molecular complexity index is 677. The molecule has 16 heteroatoms. The first kappa shape index (κ1) is 34.6. The fourth-order valence-electron chi connectivity index (χ4n) is 4.20. The van der Waals surface area contributed by atoms with Gasteiger partial charge in [-0.25, -0.2) is 0 Å². The summed E-state index contributed by atoms with van der Waals surface area (Å²) in [7, 11) is 0. The van der Waals surface area contributed by atoms with Crippen LogP contribution < -0.4 is 5.32 Å². The highest BCUT2D eigenvalue weighted by molar-refractivity contribution is 4.92. The van der Waals surface area contributed by atoms with Crippen LogP contribution in [0.3, 0.4) is 0 Å². The van der Waals surface area contributed by atoms with Crippen molar-refractivity contribution in [3.05, 3.63) is 0 Å². The number of unbranched alkanes of at least 4 members (excludes halogenated alkanes) is 2. The highest BCUT2D eigenvalue weighted by Gasteiger charge is 2.47. The lowest BCUT2D eigenvalue weighted by atomic mass is 9.98. The summed E-state index contributed by atoms with van der Waals surface area (Å²) in [5, 5.41) is 113. The lowest BCUT2D eigenvalue weighted by Crippen LogP contribution is -2.62. The third kappa shape index (κ3) is 9.44. The molecule has 0 saturated carbocycles. The third-order valence-electron chi connectivity index (χ3n) is 6.82. The topological polar surface area (TPSA) is 271 Å². The molecule has 39 heavy (non-hydrogen) atoms. The first-order valence-corrected chi connectivity index (χ1v) is 13.1. The molecule has 0 radical (unpaired) electrons. The fraction of sp³-hybridized carbons (Fsp3) is 1.00. The number of hydrogen-bond acceptors (Lipinski definition) is 16. The Labute approximate surface area is 225 Å². The minimum atomic E-state index is -1.83. The van der Waals surface area contributed by atoms with Crippen molar-refractivity contribution in [2.75, 3.05) is 32.9 Å². The molecule has 0 aliphatic carbocycles. The van der Waals surface area contributed by atoms with Gasteiger partial charge in [-0.3, -0.25) is 0 Å². The predicted octanol–water partition coefficient (Wildman–Crippen LogP) is -6.15. The number of ether oxygens (including phenoxy) is 4. The summed E-state index contributed by atoms with van der Waals surface area (Å²) in [4.78, 5) is 0. The first-order chi connectivity index (χ1) is 18.4. The molecule has 0 spiro atoms. The SMILES string of the molecule is CCCCCNCC(O)[C@@H](O)[C@H](O)[C@H](O)CO[C@@H]1O[C@H](CO[C@@H]2O[C@H](CO)[C@@H](O)[C@H](O)[C@H]2O)[C@@H](O)[C@H](O)[C@H]1O. The van der Waals surface area contributed by atoms with Crippen molar-refractivity contribution < 1.29 is 75.1 Å². The maximum absolute atomic E-state index is 10.3. The average molecular weight is 576 g/mol. The Morgan fingerprint density at radius 3 is 1.82 bits per heavy atom. The molecule has 0 amide bonds. The van der Waals surface area contributed by atoms with E-state index in [4.69, 9.17) is 18.9 Å². The van der Waals surface area contributed by atoms with Crippen LogP contribution in [0.1, 0.15) is 26.2 Å². The Hall–Kier alpha value is -0.640. The van der Waals surface area contributed by atoms with E-state index in [0.29, 0.717) is 6.54 Å². The second kappa shape index (κ2) is 16.7. The monoisotopic (exact) mass is 575 g/mol. The summed E-state index contributed by atoms with van der Waals surface area (Å²) >= 11 is 0. The van der Waals surface area contributed by atoms with Crippen molar-refractivity contribution in [1.29, 1.82) is 0 Å². The lowest BCUT2D eigenvalue weighted by molar-refractivity contribution is -0.333. The largest absolute Gasteiger partial charge is 0.394 e. The van der Waals surface area contributed by atoms with Crippen molar-refractivity contribution >= 4 is 0 Å². The van der Waals surface area contributed by atoms with Gasteiger partial charge in [0.1, 0.15) is 67.1 Å². The summed E-state index contributed by atoms with van der Waals surface area (Å²) in [6.07, 6.45) is -20.0. The molecule has 0 bridgehead atoms. The molecule has 14 atom stereocenters. The number of aliphatic hydroxyl groups excluding tert-OH is 11. The number of hydrogen-bond donors (Lipinski definition) is 12. The average Bonchev–Trinajstić information content (AvgIpc) is 2.93. The molecule has 0 aromatic heterocycles. The molecule has 16 nitrogen and oxygen atoms in total. The first-order valence-electron chi connectivity index (χ1n) is 13.1. The molecule has 2 rings (SSSR count). The van der Waals surface area contributed by atoms with Gasteiger partial charge in [0.05, 0.1) is 25.9 Å². The van der Waals surface area contributed by atoms with Gasteiger partial charge in [-0.1, -0.05) is 19.8 Å². The minimum absolute atomic E-state index is 0.0276. The van der Waals surface area contributed by atoms with E-state index in [0.717, 1.165) is 19.3 Å². The molecule has 2 fully saturated rings. The van der Waals surface area contributed by atoms with Gasteiger partial charge in [-0.2, -0.15) is 0 Å². The van der Waals surface area contributed by atoms with Gasteiger partial charge in [0.15, 0.2) is 12.6 Å². The number of aliphatic hydroxyl groups is 11. The zero-order valence-electron chi connectivity index (χ0n) is 21.8. The second-order valence-corrected chi connectivity index (χ2v) is 9.91. The summed E-state index contributed by atoms with van der Waals surface area (Å²) in [5.74, 6) is 0. The van der Waals surface area contributed by atoms with E-state index < -0.39 is 106 Å². The maximum atomic E-state index is 10.3. The Kier molecular flexibility index (Phi) is 14.8. The van der Waals surface area contributed by atoms with Crippen molar-refractivity contribution in [2.24, 2.45) is 0 Å². The molecule has 2 aliphatic heterocycles. The summed E-state index contributed by atoms with van der Waals surface area (Å²) in [5.41, 5.74) is 0. The number of rotatable bonds is 16. The molecule has 1 unspecified atom stereocenters. The van der Waals surface area contributed by atoms with Crippen molar-refractivity contribution in [3.8, 4) is 0 Å². The van der Waals surface area contributed by atoms with Crippen molar-refractivity contribution in [2.45, 2.75) is 112 Å². The summed E-state index contributed by atoms with van der Waals surface area (Å²) in [6.45, 7) is 0.640.